The maximum atomic E-state index is 12.3. The van der Waals surface area contributed by atoms with Crippen molar-refractivity contribution in [3.05, 3.63) is 52.8 Å². The molecule has 2 N–H and O–H groups in total. The zero-order valence-corrected chi connectivity index (χ0v) is 20.1. The summed E-state index contributed by atoms with van der Waals surface area (Å²) in [6, 6.07) is 9.38. The summed E-state index contributed by atoms with van der Waals surface area (Å²) in [5.74, 6) is 1.25. The van der Waals surface area contributed by atoms with Crippen LogP contribution in [-0.2, 0) is 11.2 Å². The topological polar surface area (TPSA) is 86.3 Å². The number of nitrogens with one attached hydrogen (secondary N) is 2. The summed E-state index contributed by atoms with van der Waals surface area (Å²) in [5.41, 5.74) is 4.63. The molecule has 0 unspecified atom stereocenters. The van der Waals surface area contributed by atoms with E-state index in [9.17, 15) is 4.79 Å². The third kappa shape index (κ3) is 5.40. The lowest BCUT2D eigenvalue weighted by Crippen LogP contribution is -2.24. The third-order valence-electron chi connectivity index (χ3n) is 5.53. The molecule has 9 heteroatoms. The van der Waals surface area contributed by atoms with Crippen LogP contribution < -0.4 is 15.5 Å². The number of halogens is 1. The van der Waals surface area contributed by atoms with Gasteiger partial charge in [0.15, 0.2) is 0 Å². The number of anilines is 4. The normalized spacial score (nSPS) is 12.6. The van der Waals surface area contributed by atoms with Gasteiger partial charge in [0.1, 0.15) is 5.82 Å². The molecule has 0 spiro atoms. The van der Waals surface area contributed by atoms with Crippen LogP contribution in [-0.4, -0.2) is 60.0 Å². The SMILES string of the molecule is Cc1nc(N(C)CCCN(C)C)ccc1Nc1ncc2c(n1)-c1ccc(Cl)cc1NC(=O)C2. The van der Waals surface area contributed by atoms with E-state index in [-0.39, 0.29) is 12.3 Å². The number of benzene rings is 1. The van der Waals surface area contributed by atoms with Crippen LogP contribution in [0.4, 0.5) is 23.1 Å². The van der Waals surface area contributed by atoms with E-state index >= 15 is 0 Å². The van der Waals surface area contributed by atoms with Gasteiger partial charge in [0.2, 0.25) is 11.9 Å². The van der Waals surface area contributed by atoms with Crippen LogP contribution in [0, 0.1) is 6.92 Å². The highest BCUT2D eigenvalue weighted by Crippen LogP contribution is 2.35. The number of fused-ring (bicyclic) bond motifs is 3. The molecule has 0 aliphatic carbocycles. The van der Waals surface area contributed by atoms with E-state index in [2.05, 4.69) is 46.6 Å². The maximum absolute atomic E-state index is 12.3. The highest BCUT2D eigenvalue weighted by atomic mass is 35.5. The quantitative estimate of drug-likeness (QED) is 0.542. The second kappa shape index (κ2) is 9.72. The van der Waals surface area contributed by atoms with Gasteiger partial charge in [-0.05, 0) is 64.3 Å². The highest BCUT2D eigenvalue weighted by Gasteiger charge is 2.21. The molecule has 3 heterocycles. The first kappa shape index (κ1) is 22.9. The van der Waals surface area contributed by atoms with Gasteiger partial charge in [-0.1, -0.05) is 11.6 Å². The minimum Gasteiger partial charge on any atom is -0.360 e. The van der Waals surface area contributed by atoms with Crippen molar-refractivity contribution in [1.82, 2.24) is 19.9 Å². The molecule has 0 saturated carbocycles. The molecule has 0 saturated heterocycles. The number of pyridine rings is 1. The van der Waals surface area contributed by atoms with Crippen molar-refractivity contribution in [2.45, 2.75) is 19.8 Å². The van der Waals surface area contributed by atoms with Gasteiger partial charge in [0.05, 0.1) is 29.2 Å². The maximum Gasteiger partial charge on any atom is 0.228 e. The van der Waals surface area contributed by atoms with Crippen LogP contribution in [0.1, 0.15) is 17.7 Å². The Morgan fingerprint density at radius 1 is 1.12 bits per heavy atom. The van der Waals surface area contributed by atoms with Crippen molar-refractivity contribution in [2.24, 2.45) is 0 Å². The summed E-state index contributed by atoms with van der Waals surface area (Å²) in [6.45, 7) is 3.93. The Balaban J connectivity index is 1.56. The lowest BCUT2D eigenvalue weighted by Gasteiger charge is -2.20. The molecule has 0 atom stereocenters. The van der Waals surface area contributed by atoms with E-state index in [4.69, 9.17) is 21.6 Å². The van der Waals surface area contributed by atoms with Crippen molar-refractivity contribution in [3.8, 4) is 11.3 Å². The Morgan fingerprint density at radius 2 is 1.94 bits per heavy atom. The number of hydrogen-bond acceptors (Lipinski definition) is 7. The fourth-order valence-corrected chi connectivity index (χ4v) is 3.95. The van der Waals surface area contributed by atoms with Gasteiger partial charge < -0.3 is 20.4 Å². The molecule has 8 nitrogen and oxygen atoms in total. The molecular weight excluding hydrogens is 438 g/mol. The largest absolute Gasteiger partial charge is 0.360 e. The number of carbonyl (C=O) groups excluding carboxylic acids is 1. The number of aryl methyl sites for hydroxylation is 1. The van der Waals surface area contributed by atoms with E-state index in [0.717, 1.165) is 47.8 Å². The average molecular weight is 466 g/mol. The molecule has 33 heavy (non-hydrogen) atoms. The molecule has 4 rings (SSSR count). The molecule has 0 fully saturated rings. The first-order valence-corrected chi connectivity index (χ1v) is 11.2. The molecule has 172 valence electrons. The lowest BCUT2D eigenvalue weighted by atomic mass is 10.1. The Hall–Kier alpha value is -3.23. The molecule has 1 aliphatic rings. The third-order valence-corrected chi connectivity index (χ3v) is 5.77. The average Bonchev–Trinajstić information content (AvgIpc) is 2.89. The first-order valence-electron chi connectivity index (χ1n) is 10.9. The minimum atomic E-state index is -0.119. The monoisotopic (exact) mass is 465 g/mol. The Kier molecular flexibility index (Phi) is 6.76. The zero-order valence-electron chi connectivity index (χ0n) is 19.3. The lowest BCUT2D eigenvalue weighted by molar-refractivity contribution is -0.115. The van der Waals surface area contributed by atoms with Gasteiger partial charge in [0.25, 0.3) is 0 Å². The van der Waals surface area contributed by atoms with Gasteiger partial charge >= 0.3 is 0 Å². The van der Waals surface area contributed by atoms with E-state index in [1.807, 2.05) is 25.1 Å². The predicted molar refractivity (Wildman–Crippen MR) is 134 cm³/mol. The summed E-state index contributed by atoms with van der Waals surface area (Å²) < 4.78 is 0. The van der Waals surface area contributed by atoms with Gasteiger partial charge in [-0.3, -0.25) is 4.79 Å². The highest BCUT2D eigenvalue weighted by molar-refractivity contribution is 6.31. The number of aromatic nitrogens is 3. The molecule has 0 bridgehead atoms. The Bertz CT molecular complexity index is 1180. The summed E-state index contributed by atoms with van der Waals surface area (Å²) >= 11 is 6.13. The van der Waals surface area contributed by atoms with E-state index in [1.54, 1.807) is 18.3 Å². The predicted octanol–water partition coefficient (Wildman–Crippen LogP) is 4.13. The second-order valence-electron chi connectivity index (χ2n) is 8.49. The summed E-state index contributed by atoms with van der Waals surface area (Å²) in [6.07, 6.45) is 2.97. The molecule has 2 aromatic heterocycles. The molecule has 0 radical (unpaired) electrons. The van der Waals surface area contributed by atoms with E-state index < -0.39 is 0 Å². The van der Waals surface area contributed by atoms with Crippen LogP contribution in [0.25, 0.3) is 11.3 Å². The number of amides is 1. The van der Waals surface area contributed by atoms with Crippen LogP contribution in [0.15, 0.2) is 36.5 Å². The molecule has 1 aliphatic heterocycles. The van der Waals surface area contributed by atoms with Crippen LogP contribution >= 0.6 is 11.6 Å². The Labute approximate surface area is 199 Å². The number of rotatable bonds is 7. The molecule has 1 amide bonds. The van der Waals surface area contributed by atoms with Gasteiger partial charge in [-0.25, -0.2) is 15.0 Å². The minimum absolute atomic E-state index is 0.119. The van der Waals surface area contributed by atoms with Crippen LogP contribution in [0.2, 0.25) is 5.02 Å². The van der Waals surface area contributed by atoms with E-state index in [0.29, 0.717) is 22.4 Å². The number of hydrogen-bond donors (Lipinski definition) is 2. The number of carbonyl (C=O) groups is 1. The number of nitrogens with zero attached hydrogens (tertiary/aromatic N) is 5. The fourth-order valence-electron chi connectivity index (χ4n) is 3.77. The second-order valence-corrected chi connectivity index (χ2v) is 8.92. The molecule has 1 aromatic carbocycles. The molecule has 3 aromatic rings. The summed E-state index contributed by atoms with van der Waals surface area (Å²) in [4.78, 5) is 30.5. The first-order chi connectivity index (χ1) is 15.8. The van der Waals surface area contributed by atoms with Crippen molar-refractivity contribution < 1.29 is 4.79 Å². The van der Waals surface area contributed by atoms with Crippen molar-refractivity contribution in [2.75, 3.05) is 49.8 Å². The standard InChI is InChI=1S/C24H28ClN7O/c1-15-19(8-9-21(27-15)32(4)11-5-10-31(2)3)29-24-26-14-16-12-22(33)28-20-13-17(25)6-7-18(20)23(16)30-24/h6-9,13-14H,5,10-12H2,1-4H3,(H,28,33)(H,26,29,30). The summed E-state index contributed by atoms with van der Waals surface area (Å²) in [5, 5.41) is 6.73. The van der Waals surface area contributed by atoms with Gasteiger partial charge in [-0.2, -0.15) is 0 Å². The van der Waals surface area contributed by atoms with Crippen molar-refractivity contribution in [1.29, 1.82) is 0 Å². The van der Waals surface area contributed by atoms with E-state index in [1.165, 1.54) is 0 Å². The summed E-state index contributed by atoms with van der Waals surface area (Å²) in [7, 11) is 6.21. The van der Waals surface area contributed by atoms with Crippen LogP contribution in [0.3, 0.4) is 0 Å². The molecular formula is C24H28ClN7O. The smallest absolute Gasteiger partial charge is 0.228 e. The van der Waals surface area contributed by atoms with Crippen molar-refractivity contribution in [3.63, 3.8) is 0 Å². The van der Waals surface area contributed by atoms with Gasteiger partial charge in [-0.15, -0.1) is 0 Å². The van der Waals surface area contributed by atoms with Gasteiger partial charge in [0, 0.05) is 35.9 Å². The van der Waals surface area contributed by atoms with Crippen molar-refractivity contribution >= 4 is 40.6 Å². The zero-order chi connectivity index (χ0) is 23.5. The van der Waals surface area contributed by atoms with Crippen LogP contribution in [0.5, 0.6) is 0 Å². The Morgan fingerprint density at radius 3 is 2.70 bits per heavy atom. The fraction of sp³-hybridized carbons (Fsp3) is 0.333.